The predicted molar refractivity (Wildman–Crippen MR) is 72.1 cm³/mol. The summed E-state index contributed by atoms with van der Waals surface area (Å²) in [5.41, 5.74) is 0. The van der Waals surface area contributed by atoms with Crippen molar-refractivity contribution < 1.29 is 8.67 Å². The first-order chi connectivity index (χ1) is 7.74. The lowest BCUT2D eigenvalue weighted by Gasteiger charge is -2.25. The van der Waals surface area contributed by atoms with Gasteiger partial charge < -0.3 is 9.19 Å². The molecule has 1 aliphatic rings. The zero-order valence-corrected chi connectivity index (χ0v) is 12.6. The SMILES string of the molecule is CSO[SiH2]CCNC(=O)C1CCC(C)CC1. The van der Waals surface area contributed by atoms with Crippen molar-refractivity contribution in [1.29, 1.82) is 0 Å². The van der Waals surface area contributed by atoms with Crippen LogP contribution in [0.1, 0.15) is 32.6 Å². The predicted octanol–water partition coefficient (Wildman–Crippen LogP) is 1.73. The zero-order chi connectivity index (χ0) is 11.8. The Morgan fingerprint density at radius 1 is 1.44 bits per heavy atom. The second-order valence-electron chi connectivity index (χ2n) is 4.59. The molecule has 0 aromatic heterocycles. The Morgan fingerprint density at radius 2 is 2.12 bits per heavy atom. The fraction of sp³-hybridized carbons (Fsp3) is 0.909. The molecule has 5 heteroatoms. The first-order valence-electron chi connectivity index (χ1n) is 6.17. The van der Waals surface area contributed by atoms with Crippen LogP contribution in [0.15, 0.2) is 0 Å². The van der Waals surface area contributed by atoms with E-state index in [1.807, 2.05) is 6.26 Å². The Bertz CT molecular complexity index is 208. The molecule has 1 aliphatic carbocycles. The number of amides is 1. The van der Waals surface area contributed by atoms with E-state index in [-0.39, 0.29) is 11.8 Å². The zero-order valence-electron chi connectivity index (χ0n) is 10.3. The van der Waals surface area contributed by atoms with Crippen LogP contribution in [-0.2, 0) is 8.67 Å². The van der Waals surface area contributed by atoms with Gasteiger partial charge in [0.1, 0.15) is 0 Å². The molecule has 16 heavy (non-hydrogen) atoms. The maximum atomic E-state index is 11.8. The second-order valence-corrected chi connectivity index (χ2v) is 6.98. The van der Waals surface area contributed by atoms with Crippen LogP contribution in [0.2, 0.25) is 6.04 Å². The van der Waals surface area contributed by atoms with Crippen LogP contribution in [0, 0.1) is 11.8 Å². The van der Waals surface area contributed by atoms with Gasteiger partial charge in [0.2, 0.25) is 5.91 Å². The lowest BCUT2D eigenvalue weighted by atomic mass is 9.82. The van der Waals surface area contributed by atoms with Crippen LogP contribution in [0.3, 0.4) is 0 Å². The Hall–Kier alpha value is -0.00312. The van der Waals surface area contributed by atoms with E-state index in [1.165, 1.54) is 24.9 Å². The fourth-order valence-electron chi connectivity index (χ4n) is 2.09. The number of hydrogen-bond donors (Lipinski definition) is 1. The fourth-order valence-corrected chi connectivity index (χ4v) is 3.55. The lowest BCUT2D eigenvalue weighted by Crippen LogP contribution is -2.33. The minimum Gasteiger partial charge on any atom is -0.365 e. The molecule has 0 bridgehead atoms. The molecule has 94 valence electrons. The van der Waals surface area contributed by atoms with E-state index in [1.54, 1.807) is 0 Å². The van der Waals surface area contributed by atoms with E-state index in [9.17, 15) is 4.79 Å². The molecular formula is C11H23NO2SSi. The number of nitrogens with one attached hydrogen (secondary N) is 1. The van der Waals surface area contributed by atoms with Crippen LogP contribution in [0.25, 0.3) is 0 Å². The molecule has 1 amide bonds. The topological polar surface area (TPSA) is 38.3 Å². The van der Waals surface area contributed by atoms with Gasteiger partial charge in [-0.2, -0.15) is 0 Å². The molecule has 3 nitrogen and oxygen atoms in total. The smallest absolute Gasteiger partial charge is 0.223 e. The molecule has 0 aromatic carbocycles. The Kier molecular flexibility index (Phi) is 7.15. The molecule has 0 aliphatic heterocycles. The third-order valence-corrected chi connectivity index (χ3v) is 5.46. The van der Waals surface area contributed by atoms with Gasteiger partial charge in [-0.05, 0) is 49.7 Å². The summed E-state index contributed by atoms with van der Waals surface area (Å²) in [7, 11) is -0.420. The Balaban J connectivity index is 2.06. The van der Waals surface area contributed by atoms with Gasteiger partial charge in [-0.25, -0.2) is 0 Å². The minimum absolute atomic E-state index is 0.269. The van der Waals surface area contributed by atoms with Crippen LogP contribution in [0.4, 0.5) is 0 Å². The maximum absolute atomic E-state index is 11.8. The average molecular weight is 261 g/mol. The van der Waals surface area contributed by atoms with Gasteiger partial charge in [0.25, 0.3) is 0 Å². The molecule has 1 fully saturated rings. The van der Waals surface area contributed by atoms with Crippen molar-refractivity contribution in [3.8, 4) is 0 Å². The Labute approximate surface area is 105 Å². The van der Waals surface area contributed by atoms with E-state index < -0.39 is 9.76 Å². The van der Waals surface area contributed by atoms with Crippen LogP contribution >= 0.6 is 12.0 Å². The third kappa shape index (κ3) is 5.36. The maximum Gasteiger partial charge on any atom is 0.223 e. The molecule has 0 unspecified atom stereocenters. The van der Waals surface area contributed by atoms with Crippen molar-refractivity contribution in [2.45, 2.75) is 38.7 Å². The van der Waals surface area contributed by atoms with Gasteiger partial charge >= 0.3 is 0 Å². The highest BCUT2D eigenvalue weighted by molar-refractivity contribution is 7.94. The summed E-state index contributed by atoms with van der Waals surface area (Å²) in [5, 5.41) is 3.03. The van der Waals surface area contributed by atoms with Gasteiger partial charge in [0.05, 0.1) is 0 Å². The number of carbonyl (C=O) groups excluding carboxylic acids is 1. The number of rotatable bonds is 6. The van der Waals surface area contributed by atoms with Gasteiger partial charge in [-0.1, -0.05) is 6.92 Å². The van der Waals surface area contributed by atoms with Crippen LogP contribution in [0.5, 0.6) is 0 Å². The molecule has 0 radical (unpaired) electrons. The molecule has 0 atom stereocenters. The molecular weight excluding hydrogens is 238 g/mol. The Morgan fingerprint density at radius 3 is 2.75 bits per heavy atom. The standard InChI is InChI=1S/C11H23NO2SSi/c1-9-3-5-10(6-4-9)11(13)12-7-8-16-14-15-2/h9-10H,3-8,16H2,1-2H3,(H,12,13). The molecule has 1 N–H and O–H groups in total. The van der Waals surface area contributed by atoms with Crippen molar-refractivity contribution in [1.82, 2.24) is 5.32 Å². The molecule has 0 aromatic rings. The number of carbonyl (C=O) groups is 1. The normalized spacial score (nSPS) is 26.1. The van der Waals surface area contributed by atoms with Gasteiger partial charge in [-0.3, -0.25) is 4.79 Å². The molecule has 1 saturated carbocycles. The summed E-state index contributed by atoms with van der Waals surface area (Å²) in [6.45, 7) is 3.08. The van der Waals surface area contributed by atoms with Crippen molar-refractivity contribution in [3.05, 3.63) is 0 Å². The summed E-state index contributed by atoms with van der Waals surface area (Å²) in [6, 6.07) is 1.04. The van der Waals surface area contributed by atoms with E-state index in [4.69, 9.17) is 3.87 Å². The van der Waals surface area contributed by atoms with Crippen molar-refractivity contribution >= 4 is 27.7 Å². The first-order valence-corrected chi connectivity index (χ1v) is 8.90. The van der Waals surface area contributed by atoms with Crippen molar-refractivity contribution in [2.75, 3.05) is 12.8 Å². The first kappa shape index (κ1) is 14.1. The van der Waals surface area contributed by atoms with E-state index in [2.05, 4.69) is 12.2 Å². The molecule has 0 heterocycles. The summed E-state index contributed by atoms with van der Waals surface area (Å²) >= 11 is 1.44. The van der Waals surface area contributed by atoms with Gasteiger partial charge in [0.15, 0.2) is 9.76 Å². The highest BCUT2D eigenvalue weighted by Gasteiger charge is 2.23. The van der Waals surface area contributed by atoms with E-state index >= 15 is 0 Å². The summed E-state index contributed by atoms with van der Waals surface area (Å²) in [6.07, 6.45) is 6.51. The highest BCUT2D eigenvalue weighted by atomic mass is 32.2. The third-order valence-electron chi connectivity index (χ3n) is 3.21. The molecule has 0 spiro atoms. The number of hydrogen-bond acceptors (Lipinski definition) is 3. The van der Waals surface area contributed by atoms with E-state index in [0.717, 1.165) is 31.3 Å². The quantitative estimate of drug-likeness (QED) is 0.449. The molecule has 0 saturated heterocycles. The van der Waals surface area contributed by atoms with Gasteiger partial charge in [-0.15, -0.1) is 0 Å². The van der Waals surface area contributed by atoms with Crippen LogP contribution < -0.4 is 5.32 Å². The van der Waals surface area contributed by atoms with Crippen LogP contribution in [-0.4, -0.2) is 28.5 Å². The summed E-state index contributed by atoms with van der Waals surface area (Å²) in [4.78, 5) is 11.8. The monoisotopic (exact) mass is 261 g/mol. The lowest BCUT2D eigenvalue weighted by molar-refractivity contribution is -0.126. The summed E-state index contributed by atoms with van der Waals surface area (Å²) in [5.74, 6) is 1.36. The average Bonchev–Trinajstić information content (AvgIpc) is 2.29. The molecule has 1 rings (SSSR count). The minimum atomic E-state index is -0.420. The van der Waals surface area contributed by atoms with Crippen molar-refractivity contribution in [2.24, 2.45) is 11.8 Å². The highest BCUT2D eigenvalue weighted by Crippen LogP contribution is 2.28. The van der Waals surface area contributed by atoms with E-state index in [0.29, 0.717) is 0 Å². The van der Waals surface area contributed by atoms with Crippen molar-refractivity contribution in [3.63, 3.8) is 0 Å². The largest absolute Gasteiger partial charge is 0.365 e. The second kappa shape index (κ2) is 8.14. The summed E-state index contributed by atoms with van der Waals surface area (Å²) < 4.78 is 5.28. The van der Waals surface area contributed by atoms with Gasteiger partial charge in [0, 0.05) is 18.7 Å².